The van der Waals surface area contributed by atoms with Gasteiger partial charge in [-0.15, -0.1) is 12.6 Å². The maximum absolute atomic E-state index is 8.44. The maximum Gasteiger partial charge on any atom is 0.425 e. The van der Waals surface area contributed by atoms with Crippen LogP contribution in [0.25, 0.3) is 0 Å². The molecule has 4 nitrogen and oxygen atoms in total. The molecule has 6 heteroatoms. The van der Waals surface area contributed by atoms with Gasteiger partial charge >= 0.3 is 10.6 Å². The maximum atomic E-state index is 8.44. The molecule has 0 saturated carbocycles. The predicted molar refractivity (Wildman–Crippen MR) is 46.7 cm³/mol. The molecule has 68 valence electrons. The number of rotatable bonds is 1. The summed E-state index contributed by atoms with van der Waals surface area (Å²) in [5, 5.41) is 0. The van der Waals surface area contributed by atoms with E-state index in [1.165, 1.54) is 0 Å². The molecule has 0 fully saturated rings. The molecule has 0 spiro atoms. The molecule has 0 aliphatic rings. The van der Waals surface area contributed by atoms with Crippen LogP contribution in [0.2, 0.25) is 19.6 Å². The highest BCUT2D eigenvalue weighted by Gasteiger charge is 2.14. The molecule has 11 heavy (non-hydrogen) atoms. The Hall–Kier alpha value is -0.203. The fourth-order valence-corrected chi connectivity index (χ4v) is 0. The lowest BCUT2D eigenvalue weighted by atomic mass is 11.3. The molecule has 0 amide bonds. The van der Waals surface area contributed by atoms with E-state index < -0.39 is 18.8 Å². The van der Waals surface area contributed by atoms with E-state index in [4.69, 9.17) is 12.6 Å². The van der Waals surface area contributed by atoms with Gasteiger partial charge in [-0.1, -0.05) is 19.6 Å². The Bertz CT molecular complexity index is 182. The van der Waals surface area contributed by atoms with Gasteiger partial charge in [-0.05, 0) is 14.1 Å². The summed E-state index contributed by atoms with van der Waals surface area (Å²) in [5.74, 6) is 0. The van der Waals surface area contributed by atoms with E-state index in [0.29, 0.717) is 0 Å². The quantitative estimate of drug-likeness (QED) is 0.570. The van der Waals surface area contributed by atoms with Gasteiger partial charge < -0.3 is 4.57 Å². The standard InChI is InChI=1S/C5H15NSi.O3S/c1-6(2)7(3,4)5;1-4(2)3/h1-5H3;. The summed E-state index contributed by atoms with van der Waals surface area (Å²) in [4.78, 5) is 0. The van der Waals surface area contributed by atoms with Crippen molar-refractivity contribution >= 4 is 18.8 Å². The Kier molecular flexibility index (Phi) is 6.63. The van der Waals surface area contributed by atoms with E-state index in [1.54, 1.807) is 0 Å². The van der Waals surface area contributed by atoms with Crippen LogP contribution in [0.4, 0.5) is 0 Å². The lowest BCUT2D eigenvalue weighted by Crippen LogP contribution is -2.39. The van der Waals surface area contributed by atoms with Crippen molar-refractivity contribution < 1.29 is 12.6 Å². The number of hydrogen-bond acceptors (Lipinski definition) is 4. The SMILES string of the molecule is CN(C)[Si](C)(C)C.O=S(=O)=O. The first-order chi connectivity index (χ1) is 4.68. The molecular formula is C5H15NO3SSi. The van der Waals surface area contributed by atoms with Crippen LogP contribution in [0.1, 0.15) is 0 Å². The Morgan fingerprint density at radius 2 is 1.09 bits per heavy atom. The van der Waals surface area contributed by atoms with Gasteiger partial charge in [0.25, 0.3) is 0 Å². The van der Waals surface area contributed by atoms with Crippen molar-refractivity contribution in [2.45, 2.75) is 19.6 Å². The van der Waals surface area contributed by atoms with E-state index >= 15 is 0 Å². The van der Waals surface area contributed by atoms with Gasteiger partial charge in [0, 0.05) is 0 Å². The summed E-state index contributed by atoms with van der Waals surface area (Å²) < 4.78 is 27.7. The molecule has 0 aromatic carbocycles. The fraction of sp³-hybridized carbons (Fsp3) is 1.00. The molecule has 0 radical (unpaired) electrons. The summed E-state index contributed by atoms with van der Waals surface area (Å²) in [5.41, 5.74) is 0. The van der Waals surface area contributed by atoms with Gasteiger partial charge in [0.1, 0.15) is 8.24 Å². The third kappa shape index (κ3) is 17.7. The third-order valence-electron chi connectivity index (χ3n) is 1.34. The molecule has 0 aromatic rings. The summed E-state index contributed by atoms with van der Waals surface area (Å²) >= 11 is 0. The van der Waals surface area contributed by atoms with Crippen LogP contribution in [-0.4, -0.2) is 39.5 Å². The van der Waals surface area contributed by atoms with E-state index in [-0.39, 0.29) is 0 Å². The molecule has 0 saturated heterocycles. The fourth-order valence-electron chi connectivity index (χ4n) is 0. The Morgan fingerprint density at radius 3 is 1.09 bits per heavy atom. The molecular weight excluding hydrogens is 182 g/mol. The number of nitrogens with zero attached hydrogens (tertiary/aromatic N) is 1. The Balaban J connectivity index is 0. The molecule has 0 heterocycles. The van der Waals surface area contributed by atoms with Crippen LogP contribution in [0.3, 0.4) is 0 Å². The largest absolute Gasteiger partial charge is 0.425 e. The summed E-state index contributed by atoms with van der Waals surface area (Å²) in [6.07, 6.45) is 0. The van der Waals surface area contributed by atoms with Crippen LogP contribution in [0.15, 0.2) is 0 Å². The van der Waals surface area contributed by atoms with Crippen LogP contribution in [0, 0.1) is 0 Å². The average molecular weight is 197 g/mol. The minimum Gasteiger partial charge on any atom is -0.329 e. The first-order valence-electron chi connectivity index (χ1n) is 3.12. The lowest BCUT2D eigenvalue weighted by Gasteiger charge is -2.24. The average Bonchev–Trinajstić information content (AvgIpc) is 1.59. The smallest absolute Gasteiger partial charge is 0.329 e. The van der Waals surface area contributed by atoms with Gasteiger partial charge in [-0.2, -0.15) is 0 Å². The minimum atomic E-state index is -3.11. The van der Waals surface area contributed by atoms with Gasteiger partial charge in [0.05, 0.1) is 0 Å². The van der Waals surface area contributed by atoms with E-state index in [2.05, 4.69) is 38.3 Å². The first kappa shape index (κ1) is 13.4. The van der Waals surface area contributed by atoms with Crippen LogP contribution < -0.4 is 0 Å². The Morgan fingerprint density at radius 1 is 1.00 bits per heavy atom. The molecule has 0 aliphatic heterocycles. The van der Waals surface area contributed by atoms with Crippen LogP contribution in [-0.2, 0) is 10.6 Å². The zero-order chi connectivity index (χ0) is 9.65. The normalized spacial score (nSPS) is 10.4. The molecule has 0 rings (SSSR count). The van der Waals surface area contributed by atoms with Gasteiger partial charge in [-0.25, -0.2) is 0 Å². The van der Waals surface area contributed by atoms with Crippen molar-refractivity contribution in [1.29, 1.82) is 0 Å². The van der Waals surface area contributed by atoms with Gasteiger partial charge in [0.15, 0.2) is 0 Å². The van der Waals surface area contributed by atoms with Crippen molar-refractivity contribution in [2.24, 2.45) is 0 Å². The molecule has 0 aliphatic carbocycles. The molecule has 0 aromatic heterocycles. The Labute approximate surface area is 70.4 Å². The predicted octanol–water partition coefficient (Wildman–Crippen LogP) is 0.379. The highest BCUT2D eigenvalue weighted by Crippen LogP contribution is 2.01. The number of hydrogen-bond donors (Lipinski definition) is 0. The van der Waals surface area contributed by atoms with E-state index in [1.807, 2.05) is 0 Å². The molecule has 0 bridgehead atoms. The summed E-state index contributed by atoms with van der Waals surface area (Å²) in [6, 6.07) is 0. The monoisotopic (exact) mass is 197 g/mol. The summed E-state index contributed by atoms with van der Waals surface area (Å²) in [6.45, 7) is 6.98. The molecule has 0 N–H and O–H groups in total. The van der Waals surface area contributed by atoms with Gasteiger partial charge in [0.2, 0.25) is 0 Å². The van der Waals surface area contributed by atoms with Gasteiger partial charge in [-0.3, -0.25) is 0 Å². The van der Waals surface area contributed by atoms with Crippen molar-refractivity contribution in [3.8, 4) is 0 Å². The zero-order valence-electron chi connectivity index (χ0n) is 7.58. The lowest BCUT2D eigenvalue weighted by molar-refractivity contribution is 0.559. The van der Waals surface area contributed by atoms with Crippen LogP contribution in [0.5, 0.6) is 0 Å². The summed E-state index contributed by atoms with van der Waals surface area (Å²) in [7, 11) is 0.278. The van der Waals surface area contributed by atoms with Crippen molar-refractivity contribution in [3.63, 3.8) is 0 Å². The van der Waals surface area contributed by atoms with Crippen molar-refractivity contribution in [2.75, 3.05) is 14.1 Å². The van der Waals surface area contributed by atoms with Crippen LogP contribution >= 0.6 is 0 Å². The molecule has 0 unspecified atom stereocenters. The third-order valence-corrected chi connectivity index (χ3v) is 4.02. The molecule has 0 atom stereocenters. The second-order valence-electron chi connectivity index (χ2n) is 3.27. The van der Waals surface area contributed by atoms with Crippen molar-refractivity contribution in [3.05, 3.63) is 0 Å². The van der Waals surface area contributed by atoms with Crippen molar-refractivity contribution in [1.82, 2.24) is 4.57 Å². The first-order valence-corrected chi connectivity index (χ1v) is 7.57. The minimum absolute atomic E-state index is 0.901. The second kappa shape index (κ2) is 5.45. The highest BCUT2D eigenvalue weighted by atomic mass is 32.2. The van der Waals surface area contributed by atoms with E-state index in [9.17, 15) is 0 Å². The second-order valence-corrected chi connectivity index (χ2v) is 8.91. The highest BCUT2D eigenvalue weighted by molar-refractivity contribution is 7.59. The topological polar surface area (TPSA) is 54.5 Å². The van der Waals surface area contributed by atoms with E-state index in [0.717, 1.165) is 0 Å². The zero-order valence-corrected chi connectivity index (χ0v) is 9.40.